The number of nitrogen functional groups attached to an aromatic ring is 1. The van der Waals surface area contributed by atoms with Crippen molar-refractivity contribution in [1.29, 1.82) is 0 Å². The van der Waals surface area contributed by atoms with Crippen LogP contribution in [0, 0.1) is 6.92 Å². The largest absolute Gasteiger partial charge is 0.345 e. The van der Waals surface area contributed by atoms with Crippen molar-refractivity contribution in [3.63, 3.8) is 0 Å². The lowest BCUT2D eigenvalue weighted by Gasteiger charge is -2.07. The van der Waals surface area contributed by atoms with Gasteiger partial charge < -0.3 is 9.84 Å². The van der Waals surface area contributed by atoms with E-state index in [0.717, 1.165) is 0 Å². The van der Waals surface area contributed by atoms with E-state index in [0.29, 0.717) is 23.6 Å². The summed E-state index contributed by atoms with van der Waals surface area (Å²) in [5.41, 5.74) is 2.38. The second kappa shape index (κ2) is 5.50. The zero-order valence-corrected chi connectivity index (χ0v) is 11.1. The number of nitrogens with zero attached hydrogens (tertiary/aromatic N) is 7. The van der Waals surface area contributed by atoms with E-state index >= 15 is 0 Å². The summed E-state index contributed by atoms with van der Waals surface area (Å²) in [6, 6.07) is 0. The van der Waals surface area contributed by atoms with Crippen LogP contribution in [0.1, 0.15) is 11.7 Å². The average Bonchev–Trinajstić information content (AvgIpc) is 3.16. The molecule has 0 unspecified atom stereocenters. The van der Waals surface area contributed by atoms with E-state index in [-0.39, 0.29) is 12.5 Å². The average molecular weight is 288 g/mol. The number of nitrogens with one attached hydrogen (secondary N) is 2. The molecule has 0 saturated carbocycles. The van der Waals surface area contributed by atoms with Gasteiger partial charge in [0.05, 0.1) is 6.54 Å². The standard InChI is InChI=1S/C10H12N10O/c1-6-14-7(21-19-6)4-13-8-15-9(18-11)17-10(16-8)20-3-2-12-5-20/h2-3,5H,4,11H2,1H3,(H2,13,15,16,17,18). The first-order chi connectivity index (χ1) is 10.2. The Hall–Kier alpha value is -3.08. The van der Waals surface area contributed by atoms with E-state index in [1.54, 1.807) is 30.2 Å². The van der Waals surface area contributed by atoms with Crippen LogP contribution in [0.5, 0.6) is 0 Å². The van der Waals surface area contributed by atoms with Gasteiger partial charge in [0.25, 0.3) is 0 Å². The molecule has 0 aliphatic heterocycles. The van der Waals surface area contributed by atoms with Gasteiger partial charge in [-0.3, -0.25) is 9.99 Å². The van der Waals surface area contributed by atoms with E-state index in [4.69, 9.17) is 10.4 Å². The van der Waals surface area contributed by atoms with Crippen molar-refractivity contribution in [3.05, 3.63) is 30.4 Å². The van der Waals surface area contributed by atoms with Gasteiger partial charge in [-0.1, -0.05) is 5.16 Å². The monoisotopic (exact) mass is 288 g/mol. The minimum atomic E-state index is 0.220. The SMILES string of the molecule is Cc1noc(CNc2nc(NN)nc(-n3ccnc3)n2)n1. The van der Waals surface area contributed by atoms with Crippen molar-refractivity contribution in [2.75, 3.05) is 10.7 Å². The summed E-state index contributed by atoms with van der Waals surface area (Å²) < 4.78 is 6.62. The lowest BCUT2D eigenvalue weighted by atomic mass is 10.6. The molecule has 0 bridgehead atoms. The van der Waals surface area contributed by atoms with Crippen LogP contribution in [0.15, 0.2) is 23.2 Å². The molecule has 108 valence electrons. The number of aryl methyl sites for hydroxylation is 1. The molecular formula is C10H12N10O. The molecule has 11 nitrogen and oxygen atoms in total. The molecule has 0 aliphatic rings. The lowest BCUT2D eigenvalue weighted by molar-refractivity contribution is 0.379. The number of aromatic nitrogens is 7. The zero-order chi connectivity index (χ0) is 14.7. The summed E-state index contributed by atoms with van der Waals surface area (Å²) in [7, 11) is 0. The van der Waals surface area contributed by atoms with Gasteiger partial charge in [0.1, 0.15) is 6.33 Å². The fraction of sp³-hybridized carbons (Fsp3) is 0.200. The van der Waals surface area contributed by atoms with Gasteiger partial charge in [0, 0.05) is 12.4 Å². The number of nitrogens with two attached hydrogens (primary N) is 1. The second-order valence-electron chi connectivity index (χ2n) is 3.99. The number of hydrogen-bond acceptors (Lipinski definition) is 10. The number of hydrazine groups is 1. The Balaban J connectivity index is 1.82. The van der Waals surface area contributed by atoms with E-state index in [9.17, 15) is 0 Å². The van der Waals surface area contributed by atoms with Crippen LogP contribution in [0.2, 0.25) is 0 Å². The molecule has 3 aromatic heterocycles. The molecule has 0 atom stereocenters. The second-order valence-corrected chi connectivity index (χ2v) is 3.99. The van der Waals surface area contributed by atoms with Crippen LogP contribution < -0.4 is 16.6 Å². The van der Waals surface area contributed by atoms with Crippen molar-refractivity contribution in [3.8, 4) is 5.95 Å². The van der Waals surface area contributed by atoms with Gasteiger partial charge in [-0.05, 0) is 6.92 Å². The van der Waals surface area contributed by atoms with E-state index in [1.807, 2.05) is 0 Å². The molecule has 4 N–H and O–H groups in total. The van der Waals surface area contributed by atoms with Crippen molar-refractivity contribution in [2.24, 2.45) is 5.84 Å². The Labute approximate surface area is 118 Å². The molecule has 3 aromatic rings. The van der Waals surface area contributed by atoms with E-state index < -0.39 is 0 Å². The van der Waals surface area contributed by atoms with Crippen molar-refractivity contribution in [2.45, 2.75) is 13.5 Å². The molecular weight excluding hydrogens is 276 g/mol. The van der Waals surface area contributed by atoms with E-state index in [1.165, 1.54) is 0 Å². The summed E-state index contributed by atoms with van der Waals surface area (Å²) in [5.74, 6) is 7.26. The third kappa shape index (κ3) is 2.92. The fourth-order valence-electron chi connectivity index (χ4n) is 1.57. The van der Waals surface area contributed by atoms with Crippen LogP contribution >= 0.6 is 0 Å². The first kappa shape index (κ1) is 12.9. The highest BCUT2D eigenvalue weighted by atomic mass is 16.5. The highest BCUT2D eigenvalue weighted by Crippen LogP contribution is 2.09. The zero-order valence-electron chi connectivity index (χ0n) is 11.1. The number of hydrogen-bond donors (Lipinski definition) is 3. The summed E-state index contributed by atoms with van der Waals surface area (Å²) >= 11 is 0. The normalized spacial score (nSPS) is 10.6. The van der Waals surface area contributed by atoms with E-state index in [2.05, 4.69) is 40.8 Å². The van der Waals surface area contributed by atoms with Crippen molar-refractivity contribution >= 4 is 11.9 Å². The molecule has 0 aromatic carbocycles. The van der Waals surface area contributed by atoms with Gasteiger partial charge >= 0.3 is 0 Å². The minimum Gasteiger partial charge on any atom is -0.345 e. The summed E-state index contributed by atoms with van der Waals surface area (Å²) in [5, 5.41) is 6.66. The Kier molecular flexibility index (Phi) is 3.39. The predicted octanol–water partition coefficient (Wildman–Crippen LogP) is -0.354. The summed E-state index contributed by atoms with van der Waals surface area (Å²) in [6.45, 7) is 2.03. The molecule has 3 rings (SSSR count). The third-order valence-electron chi connectivity index (χ3n) is 2.46. The van der Waals surface area contributed by atoms with Gasteiger partial charge in [0.15, 0.2) is 5.82 Å². The maximum Gasteiger partial charge on any atom is 0.246 e. The Morgan fingerprint density at radius 2 is 2.10 bits per heavy atom. The van der Waals surface area contributed by atoms with Gasteiger partial charge in [0.2, 0.25) is 23.7 Å². The fourth-order valence-corrected chi connectivity index (χ4v) is 1.57. The minimum absolute atomic E-state index is 0.220. The summed E-state index contributed by atoms with van der Waals surface area (Å²) in [6.07, 6.45) is 4.90. The maximum atomic E-state index is 5.36. The Bertz CT molecular complexity index is 721. The van der Waals surface area contributed by atoms with Crippen LogP contribution in [0.25, 0.3) is 5.95 Å². The molecule has 0 spiro atoms. The van der Waals surface area contributed by atoms with Crippen LogP contribution in [0.4, 0.5) is 11.9 Å². The number of anilines is 2. The van der Waals surface area contributed by atoms with Gasteiger partial charge in [-0.2, -0.15) is 19.9 Å². The van der Waals surface area contributed by atoms with Crippen molar-refractivity contribution < 1.29 is 4.52 Å². The molecule has 11 heteroatoms. The maximum absolute atomic E-state index is 5.36. The van der Waals surface area contributed by atoms with Gasteiger partial charge in [-0.25, -0.2) is 10.8 Å². The molecule has 3 heterocycles. The van der Waals surface area contributed by atoms with Gasteiger partial charge in [-0.15, -0.1) is 0 Å². The molecule has 21 heavy (non-hydrogen) atoms. The summed E-state index contributed by atoms with van der Waals surface area (Å²) in [4.78, 5) is 20.5. The van der Waals surface area contributed by atoms with Crippen LogP contribution in [-0.4, -0.2) is 34.6 Å². The first-order valence-corrected chi connectivity index (χ1v) is 5.98. The highest BCUT2D eigenvalue weighted by Gasteiger charge is 2.09. The molecule has 0 aliphatic carbocycles. The van der Waals surface area contributed by atoms with Crippen molar-refractivity contribution in [1.82, 2.24) is 34.6 Å². The Morgan fingerprint density at radius 1 is 1.24 bits per heavy atom. The smallest absolute Gasteiger partial charge is 0.246 e. The Morgan fingerprint density at radius 3 is 2.76 bits per heavy atom. The quantitative estimate of drug-likeness (QED) is 0.420. The molecule has 0 amide bonds. The van der Waals surface area contributed by atoms with Crippen LogP contribution in [-0.2, 0) is 6.54 Å². The number of imidazole rings is 1. The molecule has 0 saturated heterocycles. The molecule has 0 radical (unpaired) electrons. The topological polar surface area (TPSA) is 145 Å². The number of rotatable bonds is 5. The highest BCUT2D eigenvalue weighted by molar-refractivity contribution is 5.37. The predicted molar refractivity (Wildman–Crippen MR) is 71.1 cm³/mol. The third-order valence-corrected chi connectivity index (χ3v) is 2.46. The molecule has 0 fully saturated rings. The lowest BCUT2D eigenvalue weighted by Crippen LogP contribution is -2.15. The van der Waals surface area contributed by atoms with Crippen LogP contribution in [0.3, 0.4) is 0 Å². The first-order valence-electron chi connectivity index (χ1n) is 5.98.